The van der Waals surface area contributed by atoms with Gasteiger partial charge in [-0.2, -0.15) is 9.97 Å². The van der Waals surface area contributed by atoms with Crippen molar-refractivity contribution in [1.82, 2.24) is 19.9 Å². The van der Waals surface area contributed by atoms with Gasteiger partial charge in [-0.1, -0.05) is 0 Å². The number of fused-ring (bicyclic) bond motifs is 1. The number of hydrogen-bond acceptors (Lipinski definition) is 11. The van der Waals surface area contributed by atoms with Crippen LogP contribution in [0.4, 0.5) is 23.1 Å². The van der Waals surface area contributed by atoms with Gasteiger partial charge in [-0.05, 0) is 19.1 Å². The second kappa shape index (κ2) is 7.65. The molecule has 0 saturated heterocycles. The van der Waals surface area contributed by atoms with Gasteiger partial charge in [-0.3, -0.25) is 10.1 Å². The van der Waals surface area contributed by atoms with Crippen molar-refractivity contribution in [3.8, 4) is 0 Å². The number of nitro groups is 1. The Balaban J connectivity index is 1.82. The molecule has 0 spiro atoms. The molecule has 144 valence electrons. The molecule has 3 aromatic rings. The molecule has 0 aliphatic heterocycles. The summed E-state index contributed by atoms with van der Waals surface area (Å²) in [6.07, 6.45) is 1.47. The lowest BCUT2D eigenvalue weighted by Crippen LogP contribution is -2.09. The second-order valence-electron chi connectivity index (χ2n) is 5.56. The zero-order valence-corrected chi connectivity index (χ0v) is 14.7. The first-order valence-corrected chi connectivity index (χ1v) is 8.13. The van der Waals surface area contributed by atoms with Gasteiger partial charge in [-0.25, -0.2) is 14.8 Å². The van der Waals surface area contributed by atoms with Crippen LogP contribution in [-0.4, -0.2) is 37.4 Å². The number of ether oxygens (including phenoxy) is 1. The van der Waals surface area contributed by atoms with Crippen LogP contribution in [0.25, 0.3) is 11.2 Å². The maximum absolute atomic E-state index is 11.8. The van der Waals surface area contributed by atoms with E-state index in [1.807, 2.05) is 0 Å². The van der Waals surface area contributed by atoms with E-state index >= 15 is 0 Å². The fourth-order valence-corrected chi connectivity index (χ4v) is 2.43. The van der Waals surface area contributed by atoms with Crippen LogP contribution in [0.1, 0.15) is 23.0 Å². The molecule has 5 N–H and O–H groups in total. The molecular formula is C16H16N8O4. The van der Waals surface area contributed by atoms with Crippen LogP contribution in [0.2, 0.25) is 0 Å². The number of nitrogens with two attached hydrogens (primary N) is 2. The standard InChI is InChI=1S/C16H16N8O4/c1-2-28-15(25)10-4-3-8(5-11(10)24(26)27)19-6-9-7-20-14-12(21-9)13(17)22-16(18)23-14/h3-5,7,19H,2,6H2,1H3,(H4,17,18,20,22,23). The minimum absolute atomic E-state index is 0.000765. The van der Waals surface area contributed by atoms with Gasteiger partial charge in [-0.15, -0.1) is 0 Å². The highest BCUT2D eigenvalue weighted by Gasteiger charge is 2.21. The van der Waals surface area contributed by atoms with Gasteiger partial charge in [0.1, 0.15) is 5.56 Å². The summed E-state index contributed by atoms with van der Waals surface area (Å²) in [5, 5.41) is 14.3. The number of hydrogen-bond donors (Lipinski definition) is 3. The summed E-state index contributed by atoms with van der Waals surface area (Å²) in [4.78, 5) is 38.7. The van der Waals surface area contributed by atoms with E-state index in [-0.39, 0.29) is 41.8 Å². The molecule has 12 nitrogen and oxygen atoms in total. The van der Waals surface area contributed by atoms with Crippen LogP contribution in [0.3, 0.4) is 0 Å². The molecule has 0 aliphatic rings. The van der Waals surface area contributed by atoms with E-state index in [9.17, 15) is 14.9 Å². The van der Waals surface area contributed by atoms with Crippen molar-refractivity contribution in [3.63, 3.8) is 0 Å². The molecule has 0 radical (unpaired) electrons. The Morgan fingerprint density at radius 1 is 1.29 bits per heavy atom. The van der Waals surface area contributed by atoms with Crippen LogP contribution in [0.5, 0.6) is 0 Å². The Morgan fingerprint density at radius 2 is 2.07 bits per heavy atom. The maximum Gasteiger partial charge on any atom is 0.345 e. The fourth-order valence-electron chi connectivity index (χ4n) is 2.43. The molecule has 1 aromatic carbocycles. The van der Waals surface area contributed by atoms with E-state index in [0.29, 0.717) is 16.9 Å². The molecule has 0 amide bonds. The number of esters is 1. The molecular weight excluding hydrogens is 368 g/mol. The third-order valence-corrected chi connectivity index (χ3v) is 3.66. The number of anilines is 3. The van der Waals surface area contributed by atoms with E-state index in [4.69, 9.17) is 16.2 Å². The number of nitrogen functional groups attached to an aromatic ring is 2. The average molecular weight is 384 g/mol. The van der Waals surface area contributed by atoms with Gasteiger partial charge >= 0.3 is 5.97 Å². The van der Waals surface area contributed by atoms with Crippen LogP contribution in [0.15, 0.2) is 24.4 Å². The third kappa shape index (κ3) is 3.85. The normalized spacial score (nSPS) is 10.6. The minimum atomic E-state index is -0.754. The maximum atomic E-state index is 11.8. The van der Waals surface area contributed by atoms with Crippen LogP contribution in [-0.2, 0) is 11.3 Å². The van der Waals surface area contributed by atoms with Crippen LogP contribution < -0.4 is 16.8 Å². The number of nitrogens with one attached hydrogen (secondary N) is 1. The first kappa shape index (κ1) is 18.7. The van der Waals surface area contributed by atoms with Crippen LogP contribution >= 0.6 is 0 Å². The lowest BCUT2D eigenvalue weighted by Gasteiger charge is -2.09. The predicted octanol–water partition coefficient (Wildman–Crippen LogP) is 1.28. The van der Waals surface area contributed by atoms with Gasteiger partial charge in [0.2, 0.25) is 5.95 Å². The quantitative estimate of drug-likeness (QED) is 0.316. The Bertz CT molecular complexity index is 1070. The summed E-state index contributed by atoms with van der Waals surface area (Å²) in [5.74, 6) is -0.652. The molecule has 0 bridgehead atoms. The van der Waals surface area contributed by atoms with E-state index in [1.165, 1.54) is 24.4 Å². The van der Waals surface area contributed by atoms with Crippen molar-refractivity contribution < 1.29 is 14.5 Å². The molecule has 2 heterocycles. The number of carbonyl (C=O) groups is 1. The topological polar surface area (TPSA) is 185 Å². The molecule has 0 aliphatic carbocycles. The summed E-state index contributed by atoms with van der Waals surface area (Å²) in [6.45, 7) is 1.94. The van der Waals surface area contributed by atoms with Crippen molar-refractivity contribution in [2.75, 3.05) is 23.4 Å². The molecule has 3 rings (SSSR count). The van der Waals surface area contributed by atoms with E-state index in [0.717, 1.165) is 0 Å². The van der Waals surface area contributed by atoms with Gasteiger partial charge in [0, 0.05) is 11.8 Å². The number of aromatic nitrogens is 4. The molecule has 12 heteroatoms. The van der Waals surface area contributed by atoms with Crippen molar-refractivity contribution in [1.29, 1.82) is 0 Å². The summed E-state index contributed by atoms with van der Waals surface area (Å²) in [7, 11) is 0. The monoisotopic (exact) mass is 384 g/mol. The summed E-state index contributed by atoms with van der Waals surface area (Å²) in [6, 6.07) is 4.12. The molecule has 2 aromatic heterocycles. The molecule has 28 heavy (non-hydrogen) atoms. The third-order valence-electron chi connectivity index (χ3n) is 3.66. The number of nitro benzene ring substituents is 1. The average Bonchev–Trinajstić information content (AvgIpc) is 2.66. The van der Waals surface area contributed by atoms with Crippen molar-refractivity contribution in [3.05, 3.63) is 45.8 Å². The number of carbonyl (C=O) groups excluding carboxylic acids is 1. The van der Waals surface area contributed by atoms with E-state index in [2.05, 4.69) is 25.3 Å². The second-order valence-corrected chi connectivity index (χ2v) is 5.56. The van der Waals surface area contributed by atoms with Gasteiger partial charge in [0.15, 0.2) is 17.0 Å². The van der Waals surface area contributed by atoms with Gasteiger partial charge < -0.3 is 21.5 Å². The summed E-state index contributed by atoms with van der Waals surface area (Å²) in [5.41, 5.74) is 12.3. The van der Waals surface area contributed by atoms with E-state index < -0.39 is 10.9 Å². The highest BCUT2D eigenvalue weighted by Crippen LogP contribution is 2.24. The summed E-state index contributed by atoms with van der Waals surface area (Å²) >= 11 is 0. The first-order valence-electron chi connectivity index (χ1n) is 8.13. The predicted molar refractivity (Wildman–Crippen MR) is 100 cm³/mol. The Labute approximate surface area is 158 Å². The number of benzene rings is 1. The fraction of sp³-hybridized carbons (Fsp3) is 0.188. The number of rotatable bonds is 6. The molecule has 0 saturated carbocycles. The van der Waals surface area contributed by atoms with Crippen molar-refractivity contribution >= 4 is 40.3 Å². The van der Waals surface area contributed by atoms with Gasteiger partial charge in [0.25, 0.3) is 5.69 Å². The lowest BCUT2D eigenvalue weighted by molar-refractivity contribution is -0.385. The SMILES string of the molecule is CCOC(=O)c1ccc(NCc2cnc3nc(N)nc(N)c3n2)cc1[N+](=O)[O-]. The summed E-state index contributed by atoms with van der Waals surface area (Å²) < 4.78 is 4.83. The first-order chi connectivity index (χ1) is 13.4. The Kier molecular flexibility index (Phi) is 5.11. The zero-order valence-electron chi connectivity index (χ0n) is 14.7. The zero-order chi connectivity index (χ0) is 20.3. The molecule has 0 fully saturated rings. The van der Waals surface area contributed by atoms with Gasteiger partial charge in [0.05, 0.1) is 30.0 Å². The molecule has 0 unspecified atom stereocenters. The largest absolute Gasteiger partial charge is 0.462 e. The smallest absolute Gasteiger partial charge is 0.345 e. The highest BCUT2D eigenvalue weighted by atomic mass is 16.6. The molecule has 0 atom stereocenters. The van der Waals surface area contributed by atoms with Crippen LogP contribution in [0, 0.1) is 10.1 Å². The minimum Gasteiger partial charge on any atom is -0.462 e. The lowest BCUT2D eigenvalue weighted by atomic mass is 10.1. The van der Waals surface area contributed by atoms with E-state index in [1.54, 1.807) is 6.92 Å². The Morgan fingerprint density at radius 3 is 2.79 bits per heavy atom. The Hall–Kier alpha value is -4.09. The highest BCUT2D eigenvalue weighted by molar-refractivity contribution is 5.94. The van der Waals surface area contributed by atoms with Crippen molar-refractivity contribution in [2.24, 2.45) is 0 Å². The van der Waals surface area contributed by atoms with Crippen molar-refractivity contribution in [2.45, 2.75) is 13.5 Å². The number of nitrogens with zero attached hydrogens (tertiary/aromatic N) is 5.